The van der Waals surface area contributed by atoms with E-state index in [-0.39, 0.29) is 6.03 Å². The number of anilines is 1. The van der Waals surface area contributed by atoms with Crippen LogP contribution in [0.3, 0.4) is 0 Å². The molecule has 2 N–H and O–H groups in total. The van der Waals surface area contributed by atoms with E-state index >= 15 is 0 Å². The van der Waals surface area contributed by atoms with Gasteiger partial charge in [0.25, 0.3) is 0 Å². The number of hydrogen-bond donors (Lipinski definition) is 2. The molecule has 1 aliphatic heterocycles. The van der Waals surface area contributed by atoms with Gasteiger partial charge in [0, 0.05) is 12.2 Å². The summed E-state index contributed by atoms with van der Waals surface area (Å²) in [5.41, 5.74) is 3.40. The van der Waals surface area contributed by atoms with E-state index in [1.165, 1.54) is 11.1 Å². The second-order valence-electron chi connectivity index (χ2n) is 3.15. The van der Waals surface area contributed by atoms with Gasteiger partial charge in [-0.25, -0.2) is 4.79 Å². The number of rotatable bonds is 1. The summed E-state index contributed by atoms with van der Waals surface area (Å²) in [6.45, 7) is 2.76. The third-order valence-electron chi connectivity index (χ3n) is 2.27. The van der Waals surface area contributed by atoms with Crippen molar-refractivity contribution in [3.63, 3.8) is 0 Å². The maximum absolute atomic E-state index is 11.0. The van der Waals surface area contributed by atoms with Crippen LogP contribution in [0.2, 0.25) is 0 Å². The fourth-order valence-electron chi connectivity index (χ4n) is 1.48. The molecule has 0 unspecified atom stereocenters. The first-order chi connectivity index (χ1) is 6.29. The summed E-state index contributed by atoms with van der Waals surface area (Å²) in [4.78, 5) is 11.0. The molecule has 0 atom stereocenters. The van der Waals surface area contributed by atoms with Crippen LogP contribution in [0.5, 0.6) is 0 Å². The number of hydrogen-bond acceptors (Lipinski definition) is 1. The van der Waals surface area contributed by atoms with Crippen molar-refractivity contribution in [2.75, 3.05) is 5.32 Å². The molecule has 0 spiro atoms. The number of nitrogens with one attached hydrogen (secondary N) is 2. The van der Waals surface area contributed by atoms with E-state index in [9.17, 15) is 4.79 Å². The van der Waals surface area contributed by atoms with E-state index in [0.29, 0.717) is 6.54 Å². The average molecular weight is 176 g/mol. The Labute approximate surface area is 77.1 Å². The molecule has 0 saturated heterocycles. The predicted molar refractivity (Wildman–Crippen MR) is 51.7 cm³/mol. The summed E-state index contributed by atoms with van der Waals surface area (Å²) >= 11 is 0. The molecule has 2 rings (SSSR count). The standard InChI is InChI=1S/C10H12N2O/c1-2-7-3-4-9-8(5-7)6-11-10(13)12-9/h3-5H,2,6H2,1H3,(H2,11,12,13). The molecule has 13 heavy (non-hydrogen) atoms. The largest absolute Gasteiger partial charge is 0.334 e. The topological polar surface area (TPSA) is 41.1 Å². The van der Waals surface area contributed by atoms with Crippen LogP contribution in [0, 0.1) is 0 Å². The first-order valence-corrected chi connectivity index (χ1v) is 4.46. The van der Waals surface area contributed by atoms with Crippen LogP contribution in [0.1, 0.15) is 18.1 Å². The highest BCUT2D eigenvalue weighted by atomic mass is 16.2. The van der Waals surface area contributed by atoms with Gasteiger partial charge in [-0.1, -0.05) is 19.1 Å². The zero-order chi connectivity index (χ0) is 9.26. The average Bonchev–Trinajstić information content (AvgIpc) is 2.17. The molecule has 2 amide bonds. The Morgan fingerprint density at radius 2 is 2.31 bits per heavy atom. The molecule has 3 nitrogen and oxygen atoms in total. The number of urea groups is 1. The maximum atomic E-state index is 11.0. The predicted octanol–water partition coefficient (Wildman–Crippen LogP) is 1.88. The zero-order valence-corrected chi connectivity index (χ0v) is 7.55. The van der Waals surface area contributed by atoms with Crippen molar-refractivity contribution in [1.82, 2.24) is 5.32 Å². The maximum Gasteiger partial charge on any atom is 0.319 e. The van der Waals surface area contributed by atoms with Gasteiger partial charge in [0.15, 0.2) is 0 Å². The fourth-order valence-corrected chi connectivity index (χ4v) is 1.48. The van der Waals surface area contributed by atoms with Crippen molar-refractivity contribution in [2.45, 2.75) is 19.9 Å². The lowest BCUT2D eigenvalue weighted by Crippen LogP contribution is -2.33. The zero-order valence-electron chi connectivity index (χ0n) is 7.55. The summed E-state index contributed by atoms with van der Waals surface area (Å²) in [7, 11) is 0. The lowest BCUT2D eigenvalue weighted by Gasteiger charge is -2.18. The highest BCUT2D eigenvalue weighted by Crippen LogP contribution is 2.20. The number of aryl methyl sites for hydroxylation is 1. The van der Waals surface area contributed by atoms with Gasteiger partial charge in [-0.3, -0.25) is 0 Å². The highest BCUT2D eigenvalue weighted by Gasteiger charge is 2.12. The molecule has 0 saturated carbocycles. The van der Waals surface area contributed by atoms with Gasteiger partial charge in [0.2, 0.25) is 0 Å². The minimum absolute atomic E-state index is 0.114. The molecule has 0 radical (unpaired) electrons. The molecule has 1 aromatic carbocycles. The van der Waals surface area contributed by atoms with Crippen molar-refractivity contribution >= 4 is 11.7 Å². The Kier molecular flexibility index (Phi) is 1.93. The van der Waals surface area contributed by atoms with Crippen LogP contribution in [-0.4, -0.2) is 6.03 Å². The Morgan fingerprint density at radius 3 is 3.08 bits per heavy atom. The molecular formula is C10H12N2O. The summed E-state index contributed by atoms with van der Waals surface area (Å²) in [5, 5.41) is 5.50. The van der Waals surface area contributed by atoms with Crippen LogP contribution in [0.4, 0.5) is 10.5 Å². The van der Waals surface area contributed by atoms with Crippen molar-refractivity contribution in [3.8, 4) is 0 Å². The third-order valence-corrected chi connectivity index (χ3v) is 2.27. The molecule has 1 aliphatic rings. The van der Waals surface area contributed by atoms with Gasteiger partial charge in [-0.2, -0.15) is 0 Å². The third kappa shape index (κ3) is 1.49. The van der Waals surface area contributed by atoms with Crippen LogP contribution in [0.25, 0.3) is 0 Å². The second kappa shape index (κ2) is 3.09. The summed E-state index contributed by atoms with van der Waals surface area (Å²) in [6.07, 6.45) is 1.03. The summed E-state index contributed by atoms with van der Waals surface area (Å²) in [6, 6.07) is 6.02. The Morgan fingerprint density at radius 1 is 1.46 bits per heavy atom. The minimum Gasteiger partial charge on any atom is -0.334 e. The van der Waals surface area contributed by atoms with Gasteiger partial charge in [-0.15, -0.1) is 0 Å². The first kappa shape index (κ1) is 8.10. The summed E-state index contributed by atoms with van der Waals surface area (Å²) < 4.78 is 0. The van der Waals surface area contributed by atoms with E-state index < -0.39 is 0 Å². The van der Waals surface area contributed by atoms with Gasteiger partial charge < -0.3 is 10.6 Å². The summed E-state index contributed by atoms with van der Waals surface area (Å²) in [5.74, 6) is 0. The number of fused-ring (bicyclic) bond motifs is 1. The van der Waals surface area contributed by atoms with Crippen molar-refractivity contribution in [2.24, 2.45) is 0 Å². The van der Waals surface area contributed by atoms with Gasteiger partial charge in [-0.05, 0) is 23.6 Å². The molecule has 1 aromatic rings. The molecular weight excluding hydrogens is 164 g/mol. The van der Waals surface area contributed by atoms with E-state index in [2.05, 4.69) is 23.6 Å². The fraction of sp³-hybridized carbons (Fsp3) is 0.300. The van der Waals surface area contributed by atoms with Crippen LogP contribution >= 0.6 is 0 Å². The first-order valence-electron chi connectivity index (χ1n) is 4.46. The SMILES string of the molecule is CCc1ccc2c(c1)CNC(=O)N2. The number of carbonyl (C=O) groups is 1. The Bertz CT molecular complexity index is 347. The van der Waals surface area contributed by atoms with Crippen molar-refractivity contribution in [1.29, 1.82) is 0 Å². The second-order valence-corrected chi connectivity index (χ2v) is 3.15. The highest BCUT2D eigenvalue weighted by molar-refractivity contribution is 5.92. The monoisotopic (exact) mass is 176 g/mol. The Balaban J connectivity index is 2.36. The smallest absolute Gasteiger partial charge is 0.319 e. The molecule has 0 aromatic heterocycles. The van der Waals surface area contributed by atoms with Crippen LogP contribution in [0.15, 0.2) is 18.2 Å². The van der Waals surface area contributed by atoms with E-state index in [1.54, 1.807) is 0 Å². The van der Waals surface area contributed by atoms with Gasteiger partial charge in [0.1, 0.15) is 0 Å². The number of carbonyl (C=O) groups excluding carboxylic acids is 1. The van der Waals surface area contributed by atoms with Crippen LogP contribution < -0.4 is 10.6 Å². The number of benzene rings is 1. The molecule has 0 aliphatic carbocycles. The Hall–Kier alpha value is -1.51. The van der Waals surface area contributed by atoms with E-state index in [0.717, 1.165) is 12.1 Å². The molecule has 0 fully saturated rings. The lowest BCUT2D eigenvalue weighted by molar-refractivity contribution is 0.251. The van der Waals surface area contributed by atoms with Crippen molar-refractivity contribution in [3.05, 3.63) is 29.3 Å². The normalized spacial score (nSPS) is 14.4. The molecule has 0 bridgehead atoms. The molecule has 3 heteroatoms. The van der Waals surface area contributed by atoms with E-state index in [4.69, 9.17) is 0 Å². The molecule has 1 heterocycles. The van der Waals surface area contributed by atoms with Gasteiger partial charge in [0.05, 0.1) is 0 Å². The van der Waals surface area contributed by atoms with Crippen molar-refractivity contribution < 1.29 is 4.79 Å². The lowest BCUT2D eigenvalue weighted by atomic mass is 10.1. The van der Waals surface area contributed by atoms with Gasteiger partial charge >= 0.3 is 6.03 Å². The van der Waals surface area contributed by atoms with E-state index in [1.807, 2.05) is 12.1 Å². The molecule has 68 valence electrons. The quantitative estimate of drug-likeness (QED) is 0.674. The number of amides is 2. The minimum atomic E-state index is -0.114. The van der Waals surface area contributed by atoms with Crippen LogP contribution in [-0.2, 0) is 13.0 Å².